The minimum atomic E-state index is -0.683. The summed E-state index contributed by atoms with van der Waals surface area (Å²) in [7, 11) is 0. The molecule has 0 heterocycles. The quantitative estimate of drug-likeness (QED) is 0.521. The lowest BCUT2D eigenvalue weighted by atomic mass is 10.0. The number of carbonyl (C=O) groups is 1. The Morgan fingerprint density at radius 3 is 2.75 bits per heavy atom. The molecule has 0 saturated heterocycles. The summed E-state index contributed by atoms with van der Waals surface area (Å²) in [4.78, 5) is 11.7. The zero-order valence-corrected chi connectivity index (χ0v) is 11.5. The fourth-order valence-corrected chi connectivity index (χ4v) is 2.13. The summed E-state index contributed by atoms with van der Waals surface area (Å²) in [6.45, 7) is -0.0302. The lowest BCUT2D eigenvalue weighted by molar-refractivity contribution is 0.0716. The number of aliphatic hydroxyl groups is 1. The number of rotatable bonds is 3. The van der Waals surface area contributed by atoms with Gasteiger partial charge in [-0.1, -0.05) is 24.6 Å². The fourth-order valence-electron chi connectivity index (χ4n) is 2.13. The standard InChI is InChI=1S/C16H20O4/c17-12-13-8-10-15(11-9-13)20-16(18)19-14-6-4-2-1-3-5-7-14/h4,6,8-11,14,17H,1-3,5,7,12H2/b6-4+. The second-order valence-electron chi connectivity index (χ2n) is 4.88. The van der Waals surface area contributed by atoms with Crippen molar-refractivity contribution in [3.8, 4) is 5.75 Å². The van der Waals surface area contributed by atoms with E-state index in [1.807, 2.05) is 6.08 Å². The van der Waals surface area contributed by atoms with E-state index in [1.165, 1.54) is 12.8 Å². The van der Waals surface area contributed by atoms with Gasteiger partial charge in [0.1, 0.15) is 11.9 Å². The van der Waals surface area contributed by atoms with Gasteiger partial charge in [-0.25, -0.2) is 4.79 Å². The van der Waals surface area contributed by atoms with Crippen LogP contribution in [-0.4, -0.2) is 17.4 Å². The number of aliphatic hydroxyl groups excluding tert-OH is 1. The second kappa shape index (κ2) is 7.70. The van der Waals surface area contributed by atoms with E-state index in [-0.39, 0.29) is 12.7 Å². The van der Waals surface area contributed by atoms with Gasteiger partial charge >= 0.3 is 6.16 Å². The molecule has 1 N–H and O–H groups in total. The van der Waals surface area contributed by atoms with Crippen molar-refractivity contribution in [2.75, 3.05) is 0 Å². The Balaban J connectivity index is 1.85. The van der Waals surface area contributed by atoms with Gasteiger partial charge in [0.25, 0.3) is 0 Å². The first-order valence-electron chi connectivity index (χ1n) is 7.03. The van der Waals surface area contributed by atoms with E-state index in [2.05, 4.69) is 6.08 Å². The van der Waals surface area contributed by atoms with Crippen LogP contribution in [0, 0.1) is 0 Å². The lowest BCUT2D eigenvalue weighted by Crippen LogP contribution is -2.19. The molecule has 4 heteroatoms. The summed E-state index contributed by atoms with van der Waals surface area (Å²) >= 11 is 0. The third kappa shape index (κ3) is 4.70. The van der Waals surface area contributed by atoms with Crippen molar-refractivity contribution in [3.63, 3.8) is 0 Å². The highest BCUT2D eigenvalue weighted by Gasteiger charge is 2.14. The summed E-state index contributed by atoms with van der Waals surface area (Å²) in [5, 5.41) is 8.94. The van der Waals surface area contributed by atoms with Gasteiger partial charge in [0.2, 0.25) is 0 Å². The van der Waals surface area contributed by atoms with Crippen molar-refractivity contribution in [1.82, 2.24) is 0 Å². The lowest BCUT2D eigenvalue weighted by Gasteiger charge is -2.15. The molecule has 0 amide bonds. The molecule has 0 fully saturated rings. The number of hydrogen-bond acceptors (Lipinski definition) is 4. The van der Waals surface area contributed by atoms with Gasteiger partial charge in [-0.15, -0.1) is 0 Å². The van der Waals surface area contributed by atoms with Gasteiger partial charge < -0.3 is 14.6 Å². The molecular weight excluding hydrogens is 256 g/mol. The maximum absolute atomic E-state index is 11.7. The molecule has 108 valence electrons. The Labute approximate surface area is 119 Å². The SMILES string of the molecule is O=C(Oc1ccc(CO)cc1)OC1/C=C/CCCCC1. The van der Waals surface area contributed by atoms with Gasteiger partial charge in [-0.3, -0.25) is 0 Å². The maximum Gasteiger partial charge on any atom is 0.514 e. The number of carbonyl (C=O) groups excluding carboxylic acids is 1. The van der Waals surface area contributed by atoms with Crippen molar-refractivity contribution in [3.05, 3.63) is 42.0 Å². The van der Waals surface area contributed by atoms with Crippen molar-refractivity contribution >= 4 is 6.16 Å². The van der Waals surface area contributed by atoms with Crippen molar-refractivity contribution < 1.29 is 19.4 Å². The molecule has 1 aliphatic carbocycles. The Kier molecular flexibility index (Phi) is 5.62. The predicted molar refractivity (Wildman–Crippen MR) is 75.5 cm³/mol. The average molecular weight is 276 g/mol. The number of allylic oxidation sites excluding steroid dienone is 1. The molecule has 4 nitrogen and oxygen atoms in total. The topological polar surface area (TPSA) is 55.8 Å². The molecule has 1 aromatic rings. The van der Waals surface area contributed by atoms with E-state index in [4.69, 9.17) is 14.6 Å². The molecule has 1 aliphatic rings. The van der Waals surface area contributed by atoms with Gasteiger partial charge in [-0.05, 0) is 49.5 Å². The molecule has 1 aromatic carbocycles. The monoisotopic (exact) mass is 276 g/mol. The van der Waals surface area contributed by atoms with Crippen molar-refractivity contribution in [1.29, 1.82) is 0 Å². The minimum absolute atomic E-state index is 0.0302. The fraction of sp³-hybridized carbons (Fsp3) is 0.438. The van der Waals surface area contributed by atoms with E-state index in [0.717, 1.165) is 24.8 Å². The third-order valence-corrected chi connectivity index (χ3v) is 3.26. The average Bonchev–Trinajstić information content (AvgIpc) is 2.42. The number of benzene rings is 1. The summed E-state index contributed by atoms with van der Waals surface area (Å²) in [6, 6.07) is 6.69. The Morgan fingerprint density at radius 1 is 1.20 bits per heavy atom. The van der Waals surface area contributed by atoms with Crippen LogP contribution in [0.15, 0.2) is 36.4 Å². The first kappa shape index (κ1) is 14.6. The molecule has 1 unspecified atom stereocenters. The molecular formula is C16H20O4. The highest BCUT2D eigenvalue weighted by atomic mass is 16.7. The van der Waals surface area contributed by atoms with Crippen LogP contribution in [0.5, 0.6) is 5.75 Å². The molecule has 1 atom stereocenters. The second-order valence-corrected chi connectivity index (χ2v) is 4.88. The summed E-state index contributed by atoms with van der Waals surface area (Å²) < 4.78 is 10.4. The largest absolute Gasteiger partial charge is 0.514 e. The van der Waals surface area contributed by atoms with E-state index in [1.54, 1.807) is 24.3 Å². The molecule has 0 saturated carbocycles. The zero-order valence-electron chi connectivity index (χ0n) is 11.5. The first-order chi connectivity index (χ1) is 9.78. The molecule has 0 aliphatic heterocycles. The highest BCUT2D eigenvalue weighted by Crippen LogP contribution is 2.17. The van der Waals surface area contributed by atoms with Crippen LogP contribution >= 0.6 is 0 Å². The maximum atomic E-state index is 11.7. The van der Waals surface area contributed by atoms with E-state index < -0.39 is 6.16 Å². The van der Waals surface area contributed by atoms with Crippen LogP contribution in [-0.2, 0) is 11.3 Å². The van der Waals surface area contributed by atoms with Crippen molar-refractivity contribution in [2.24, 2.45) is 0 Å². The number of ether oxygens (including phenoxy) is 2. The van der Waals surface area contributed by atoms with E-state index in [0.29, 0.717) is 5.75 Å². The molecule has 0 aromatic heterocycles. The summed E-state index contributed by atoms with van der Waals surface area (Å²) in [5.41, 5.74) is 0.772. The Hall–Kier alpha value is -1.81. The smallest absolute Gasteiger partial charge is 0.426 e. The highest BCUT2D eigenvalue weighted by molar-refractivity contribution is 5.64. The van der Waals surface area contributed by atoms with Gasteiger partial charge in [0, 0.05) is 0 Å². The first-order valence-corrected chi connectivity index (χ1v) is 7.03. The molecule has 20 heavy (non-hydrogen) atoms. The van der Waals surface area contributed by atoms with Gasteiger partial charge in [0.15, 0.2) is 0 Å². The van der Waals surface area contributed by atoms with Gasteiger partial charge in [-0.2, -0.15) is 0 Å². The summed E-state index contributed by atoms with van der Waals surface area (Å²) in [6.07, 6.45) is 8.44. The molecule has 0 spiro atoms. The Morgan fingerprint density at radius 2 is 2.00 bits per heavy atom. The third-order valence-electron chi connectivity index (χ3n) is 3.26. The molecule has 2 rings (SSSR count). The molecule has 0 radical (unpaired) electrons. The number of hydrogen-bond donors (Lipinski definition) is 1. The zero-order chi connectivity index (χ0) is 14.2. The van der Waals surface area contributed by atoms with Crippen LogP contribution < -0.4 is 4.74 Å². The van der Waals surface area contributed by atoms with Crippen LogP contribution in [0.3, 0.4) is 0 Å². The summed E-state index contributed by atoms with van der Waals surface area (Å²) in [5.74, 6) is 0.419. The molecule has 0 bridgehead atoms. The van der Waals surface area contributed by atoms with Crippen LogP contribution in [0.1, 0.15) is 37.7 Å². The van der Waals surface area contributed by atoms with Crippen LogP contribution in [0.25, 0.3) is 0 Å². The van der Waals surface area contributed by atoms with Crippen molar-refractivity contribution in [2.45, 2.75) is 44.8 Å². The van der Waals surface area contributed by atoms with E-state index >= 15 is 0 Å². The minimum Gasteiger partial charge on any atom is -0.426 e. The van der Waals surface area contributed by atoms with Gasteiger partial charge in [0.05, 0.1) is 6.61 Å². The van der Waals surface area contributed by atoms with Crippen LogP contribution in [0.2, 0.25) is 0 Å². The van der Waals surface area contributed by atoms with Crippen LogP contribution in [0.4, 0.5) is 4.79 Å². The van der Waals surface area contributed by atoms with E-state index in [9.17, 15) is 4.79 Å². The Bertz CT molecular complexity index is 450. The predicted octanol–water partition coefficient (Wildman–Crippen LogP) is 3.58. The normalized spacial score (nSPS) is 20.6.